The van der Waals surface area contributed by atoms with Crippen LogP contribution < -0.4 is 15.1 Å². The number of ether oxygens (including phenoxy) is 1. The number of benzene rings is 3. The second-order valence-corrected chi connectivity index (χ2v) is 10.9. The van der Waals surface area contributed by atoms with Crippen LogP contribution in [0, 0.1) is 5.41 Å². The fraction of sp³-hybridized carbons (Fsp3) is 0.250. The molecule has 0 aromatic heterocycles. The molecule has 1 unspecified atom stereocenters. The van der Waals surface area contributed by atoms with E-state index in [0.29, 0.717) is 0 Å². The molecular weight excluding hydrogens is 428 g/mol. The van der Waals surface area contributed by atoms with E-state index in [9.17, 15) is 0 Å². The maximum absolute atomic E-state index is 6.71. The molecule has 0 saturated carbocycles. The van der Waals surface area contributed by atoms with Crippen LogP contribution in [0.3, 0.4) is 0 Å². The second kappa shape index (κ2) is 9.55. The van der Waals surface area contributed by atoms with Crippen molar-refractivity contribution in [2.75, 3.05) is 0 Å². The summed E-state index contributed by atoms with van der Waals surface area (Å²) in [4.78, 5) is 0. The molecule has 3 rings (SSSR count). The predicted molar refractivity (Wildman–Crippen MR) is 122 cm³/mol. The van der Waals surface area contributed by atoms with Gasteiger partial charge < -0.3 is 9.16 Å². The summed E-state index contributed by atoms with van der Waals surface area (Å²) in [5, 5.41) is 2.44. The Labute approximate surface area is 178 Å². The molecule has 3 aromatic rings. The van der Waals surface area contributed by atoms with E-state index in [1.54, 1.807) is 0 Å². The van der Waals surface area contributed by atoms with Crippen LogP contribution in [0.25, 0.3) is 0 Å². The predicted octanol–water partition coefficient (Wildman–Crippen LogP) is 5.41. The SMILES string of the molecule is CC(C)(C)CC(Oc1cccc(Br)c1)O[Si](c1ccccc1)c1ccccc1. The lowest BCUT2D eigenvalue weighted by atomic mass is 9.92. The fourth-order valence-corrected chi connectivity index (χ4v) is 5.28. The van der Waals surface area contributed by atoms with Crippen LogP contribution >= 0.6 is 15.9 Å². The first kappa shape index (κ1) is 20.8. The Morgan fingerprint density at radius 3 is 1.89 bits per heavy atom. The van der Waals surface area contributed by atoms with Gasteiger partial charge in [-0.05, 0) is 34.0 Å². The smallest absolute Gasteiger partial charge is 0.287 e. The van der Waals surface area contributed by atoms with Gasteiger partial charge in [-0.1, -0.05) is 103 Å². The van der Waals surface area contributed by atoms with E-state index < -0.39 is 9.04 Å². The van der Waals surface area contributed by atoms with Gasteiger partial charge in [0.1, 0.15) is 5.75 Å². The van der Waals surface area contributed by atoms with Gasteiger partial charge >= 0.3 is 0 Å². The summed E-state index contributed by atoms with van der Waals surface area (Å²) in [6.07, 6.45) is 0.469. The fourth-order valence-electron chi connectivity index (χ4n) is 2.91. The third-order valence-electron chi connectivity index (χ3n) is 4.16. The van der Waals surface area contributed by atoms with Crippen LogP contribution in [0.2, 0.25) is 0 Å². The highest BCUT2D eigenvalue weighted by Gasteiger charge is 2.28. The van der Waals surface area contributed by atoms with E-state index in [4.69, 9.17) is 9.16 Å². The van der Waals surface area contributed by atoms with Gasteiger partial charge in [-0.3, -0.25) is 0 Å². The van der Waals surface area contributed by atoms with E-state index in [1.165, 1.54) is 10.4 Å². The van der Waals surface area contributed by atoms with Crippen molar-refractivity contribution in [3.05, 3.63) is 89.4 Å². The molecule has 0 fully saturated rings. The molecule has 2 nitrogen and oxygen atoms in total. The van der Waals surface area contributed by atoms with Crippen molar-refractivity contribution in [2.45, 2.75) is 33.5 Å². The zero-order valence-corrected chi connectivity index (χ0v) is 19.1. The van der Waals surface area contributed by atoms with Crippen molar-refractivity contribution < 1.29 is 9.16 Å². The molecule has 0 aliphatic carbocycles. The van der Waals surface area contributed by atoms with E-state index in [1.807, 2.05) is 36.4 Å². The van der Waals surface area contributed by atoms with Gasteiger partial charge in [0.05, 0.1) is 0 Å². The van der Waals surface area contributed by atoms with Crippen molar-refractivity contribution in [2.24, 2.45) is 5.41 Å². The summed E-state index contributed by atoms with van der Waals surface area (Å²) in [5.74, 6) is 0.811. The van der Waals surface area contributed by atoms with E-state index >= 15 is 0 Å². The Morgan fingerprint density at radius 2 is 1.39 bits per heavy atom. The average Bonchev–Trinajstić information content (AvgIpc) is 2.66. The zero-order chi connectivity index (χ0) is 20.0. The van der Waals surface area contributed by atoms with Crippen molar-refractivity contribution in [3.8, 4) is 5.75 Å². The molecule has 0 saturated heterocycles. The molecule has 0 bridgehead atoms. The Kier molecular flexibility index (Phi) is 7.11. The van der Waals surface area contributed by atoms with Crippen molar-refractivity contribution in [3.63, 3.8) is 0 Å². The Bertz CT molecular complexity index is 823. The van der Waals surface area contributed by atoms with Crippen LogP contribution in [0.15, 0.2) is 89.4 Å². The molecule has 4 heteroatoms. The Balaban J connectivity index is 1.90. The van der Waals surface area contributed by atoms with Gasteiger partial charge in [0.25, 0.3) is 9.04 Å². The number of hydrogen-bond donors (Lipinski definition) is 0. The number of halogens is 1. The maximum Gasteiger partial charge on any atom is 0.287 e. The first-order valence-electron chi connectivity index (χ1n) is 9.47. The van der Waals surface area contributed by atoms with Gasteiger partial charge in [0.15, 0.2) is 6.29 Å². The summed E-state index contributed by atoms with van der Waals surface area (Å²) in [6.45, 7) is 6.64. The minimum Gasteiger partial charge on any atom is -0.466 e. The third-order valence-corrected chi connectivity index (χ3v) is 6.87. The van der Waals surface area contributed by atoms with Crippen molar-refractivity contribution in [1.29, 1.82) is 0 Å². The number of hydrogen-bond acceptors (Lipinski definition) is 2. The molecule has 0 N–H and O–H groups in total. The average molecular weight is 454 g/mol. The van der Waals surface area contributed by atoms with Gasteiger partial charge in [-0.2, -0.15) is 0 Å². The van der Waals surface area contributed by atoms with Crippen LogP contribution in [0.4, 0.5) is 0 Å². The second-order valence-electron chi connectivity index (χ2n) is 7.95. The van der Waals surface area contributed by atoms with Crippen LogP contribution in [-0.2, 0) is 4.43 Å². The monoisotopic (exact) mass is 453 g/mol. The summed E-state index contributed by atoms with van der Waals surface area (Å²) in [5.41, 5.74) is 0.0804. The van der Waals surface area contributed by atoms with Crippen LogP contribution in [0.5, 0.6) is 5.75 Å². The standard InChI is InChI=1S/C24H26BrO2Si/c1-24(2,3)18-23(26-20-12-10-11-19(25)17-20)27-28(21-13-6-4-7-14-21)22-15-8-5-9-16-22/h4-17,23H,18H2,1-3H3. The third kappa shape index (κ3) is 6.33. The topological polar surface area (TPSA) is 18.5 Å². The number of rotatable bonds is 7. The molecule has 0 spiro atoms. The minimum atomic E-state index is -1.44. The molecule has 0 aliphatic rings. The normalized spacial score (nSPS) is 12.8. The maximum atomic E-state index is 6.71. The summed E-state index contributed by atoms with van der Waals surface area (Å²) < 4.78 is 14.0. The highest BCUT2D eigenvalue weighted by Crippen LogP contribution is 2.26. The van der Waals surface area contributed by atoms with E-state index in [0.717, 1.165) is 16.6 Å². The van der Waals surface area contributed by atoms with Crippen molar-refractivity contribution >= 4 is 35.3 Å². The highest BCUT2D eigenvalue weighted by molar-refractivity contribution is 9.10. The summed E-state index contributed by atoms with van der Waals surface area (Å²) in [7, 11) is -1.44. The first-order chi connectivity index (χ1) is 13.4. The van der Waals surface area contributed by atoms with Crippen LogP contribution in [0.1, 0.15) is 27.2 Å². The van der Waals surface area contributed by atoms with Crippen LogP contribution in [-0.4, -0.2) is 15.3 Å². The van der Waals surface area contributed by atoms with Gasteiger partial charge in [-0.25, -0.2) is 0 Å². The molecular formula is C24H26BrO2Si. The van der Waals surface area contributed by atoms with Crippen molar-refractivity contribution in [1.82, 2.24) is 0 Å². The lowest BCUT2D eigenvalue weighted by molar-refractivity contribution is -0.0228. The Morgan fingerprint density at radius 1 is 0.821 bits per heavy atom. The minimum absolute atomic E-state index is 0.0804. The molecule has 0 amide bonds. The highest BCUT2D eigenvalue weighted by atomic mass is 79.9. The van der Waals surface area contributed by atoms with Gasteiger partial charge in [-0.15, -0.1) is 0 Å². The molecule has 28 heavy (non-hydrogen) atoms. The molecule has 0 heterocycles. The van der Waals surface area contributed by atoms with E-state index in [2.05, 4.69) is 85.2 Å². The quantitative estimate of drug-likeness (QED) is 0.351. The molecule has 3 aromatic carbocycles. The van der Waals surface area contributed by atoms with Gasteiger partial charge in [0, 0.05) is 10.9 Å². The molecule has 1 radical (unpaired) electrons. The lowest BCUT2D eigenvalue weighted by Gasteiger charge is -2.30. The summed E-state index contributed by atoms with van der Waals surface area (Å²) in [6, 6.07) is 28.9. The van der Waals surface area contributed by atoms with E-state index in [-0.39, 0.29) is 11.7 Å². The summed E-state index contributed by atoms with van der Waals surface area (Å²) >= 11 is 3.52. The van der Waals surface area contributed by atoms with Gasteiger partial charge in [0.2, 0.25) is 0 Å². The first-order valence-corrected chi connectivity index (χ1v) is 11.7. The lowest BCUT2D eigenvalue weighted by Crippen LogP contribution is -2.49. The molecule has 0 aliphatic heterocycles. The molecule has 145 valence electrons. The largest absolute Gasteiger partial charge is 0.466 e. The zero-order valence-electron chi connectivity index (χ0n) is 16.6. The Hall–Kier alpha value is -1.88. The molecule has 1 atom stereocenters.